The van der Waals surface area contributed by atoms with Crippen molar-refractivity contribution in [3.8, 4) is 11.5 Å². The Balaban J connectivity index is 1.48. The lowest BCUT2D eigenvalue weighted by molar-refractivity contribution is 0.356. The Kier molecular flexibility index (Phi) is 20.9. The van der Waals surface area contributed by atoms with E-state index < -0.39 is 0 Å². The average Bonchev–Trinajstić information content (AvgIpc) is 3.03. The molecule has 0 spiro atoms. The van der Waals surface area contributed by atoms with Crippen molar-refractivity contribution in [1.29, 1.82) is 0 Å². The minimum atomic E-state index is 0.317. The third-order valence-electron chi connectivity index (χ3n) is 11.9. The van der Waals surface area contributed by atoms with Crippen molar-refractivity contribution in [1.82, 2.24) is 0 Å². The van der Waals surface area contributed by atoms with Crippen molar-refractivity contribution in [2.24, 2.45) is 41.4 Å². The summed E-state index contributed by atoms with van der Waals surface area (Å²) in [5.41, 5.74) is 1.74. The molecule has 2 aromatic rings. The Bertz CT molecular complexity index is 1120. The van der Waals surface area contributed by atoms with E-state index in [1.165, 1.54) is 116 Å². The normalized spacial score (nSPS) is 15.9. The van der Waals surface area contributed by atoms with Gasteiger partial charge in [0, 0.05) is 16.3 Å². The largest absolute Gasteiger partial charge is 0.507 e. The zero-order chi connectivity index (χ0) is 35.5. The standard InChI is InChI=1S/C46H80O2/c1-34(2)18-12-19-35(3)20-13-21-36(4)22-14-23-37(5)24-15-25-38(6)26-16-27-39(7)28-17-29-40(8)32-33-42-41(9)45(47)43-30-10-11-31-44(43)46(42)48/h10-11,30-31,34-40,47-48H,12-29,32-33H2,1-9H3/t35-,36-,37+,38+,39-,40+/m1/s1. The molecule has 0 aliphatic rings. The van der Waals surface area contributed by atoms with E-state index in [2.05, 4.69) is 55.4 Å². The van der Waals surface area contributed by atoms with Gasteiger partial charge in [0.05, 0.1) is 0 Å². The van der Waals surface area contributed by atoms with E-state index in [1.807, 2.05) is 31.2 Å². The van der Waals surface area contributed by atoms with E-state index in [0.29, 0.717) is 17.4 Å². The van der Waals surface area contributed by atoms with Crippen LogP contribution < -0.4 is 0 Å². The molecule has 48 heavy (non-hydrogen) atoms. The van der Waals surface area contributed by atoms with Crippen molar-refractivity contribution in [2.75, 3.05) is 0 Å². The molecule has 0 aliphatic heterocycles. The number of aromatic hydroxyl groups is 2. The molecule has 0 radical (unpaired) electrons. The van der Waals surface area contributed by atoms with Crippen LogP contribution in [-0.4, -0.2) is 10.2 Å². The van der Waals surface area contributed by atoms with Crippen LogP contribution in [0, 0.1) is 48.3 Å². The highest BCUT2D eigenvalue weighted by atomic mass is 16.3. The molecule has 2 heteroatoms. The number of phenolic OH excluding ortho intramolecular Hbond substituents is 2. The van der Waals surface area contributed by atoms with Crippen LogP contribution >= 0.6 is 0 Å². The monoisotopic (exact) mass is 665 g/mol. The first-order valence-electron chi connectivity index (χ1n) is 20.8. The smallest absolute Gasteiger partial charge is 0.127 e. The molecule has 2 nitrogen and oxygen atoms in total. The summed E-state index contributed by atoms with van der Waals surface area (Å²) in [7, 11) is 0. The van der Waals surface area contributed by atoms with E-state index in [-0.39, 0.29) is 0 Å². The van der Waals surface area contributed by atoms with Gasteiger partial charge in [-0.05, 0) is 66.8 Å². The van der Waals surface area contributed by atoms with Gasteiger partial charge in [-0.3, -0.25) is 0 Å². The second-order valence-corrected chi connectivity index (χ2v) is 17.5. The van der Waals surface area contributed by atoms with Crippen LogP contribution in [0.15, 0.2) is 24.3 Å². The lowest BCUT2D eigenvalue weighted by Crippen LogP contribution is -2.03. The zero-order valence-corrected chi connectivity index (χ0v) is 33.4. The first kappa shape index (κ1) is 42.5. The molecule has 0 fully saturated rings. The van der Waals surface area contributed by atoms with Gasteiger partial charge in [0.25, 0.3) is 0 Å². The molecular weight excluding hydrogens is 585 g/mol. The molecule has 2 rings (SSSR count). The highest BCUT2D eigenvalue weighted by molar-refractivity contribution is 5.95. The molecule has 0 saturated carbocycles. The molecule has 0 unspecified atom stereocenters. The second-order valence-electron chi connectivity index (χ2n) is 17.5. The summed E-state index contributed by atoms with van der Waals surface area (Å²) in [4.78, 5) is 0. The van der Waals surface area contributed by atoms with Crippen LogP contribution in [0.5, 0.6) is 11.5 Å². The number of benzene rings is 2. The summed E-state index contributed by atoms with van der Waals surface area (Å²) in [6.45, 7) is 21.4. The molecule has 0 saturated heterocycles. The third-order valence-corrected chi connectivity index (χ3v) is 11.9. The van der Waals surface area contributed by atoms with E-state index in [9.17, 15) is 10.2 Å². The molecule has 0 heterocycles. The number of rotatable bonds is 27. The quantitative estimate of drug-likeness (QED) is 0.0933. The van der Waals surface area contributed by atoms with Gasteiger partial charge in [-0.15, -0.1) is 0 Å². The highest BCUT2D eigenvalue weighted by Crippen LogP contribution is 2.40. The maximum atomic E-state index is 10.9. The molecule has 276 valence electrons. The highest BCUT2D eigenvalue weighted by Gasteiger charge is 2.17. The van der Waals surface area contributed by atoms with Crippen LogP contribution in [0.3, 0.4) is 0 Å². The SMILES string of the molecule is Cc1c(CC[C@@H](C)CCC[C@H](C)CCC[C@@H](C)CCC[C@@H](C)CCC[C@H](C)CCC[C@H](C)CCCC(C)C)c(O)c2ccccc2c1O. The van der Waals surface area contributed by atoms with Gasteiger partial charge >= 0.3 is 0 Å². The summed E-state index contributed by atoms with van der Waals surface area (Å²) in [5.74, 6) is 6.55. The van der Waals surface area contributed by atoms with E-state index in [1.54, 1.807) is 0 Å². The average molecular weight is 665 g/mol. The van der Waals surface area contributed by atoms with Gasteiger partial charge in [0.1, 0.15) is 11.5 Å². The van der Waals surface area contributed by atoms with Crippen LogP contribution in [0.1, 0.15) is 189 Å². The minimum absolute atomic E-state index is 0.317. The van der Waals surface area contributed by atoms with Crippen LogP contribution in [0.25, 0.3) is 10.8 Å². The second kappa shape index (κ2) is 23.7. The van der Waals surface area contributed by atoms with Gasteiger partial charge in [-0.2, -0.15) is 0 Å². The van der Waals surface area contributed by atoms with Gasteiger partial charge in [0.15, 0.2) is 0 Å². The number of phenols is 2. The van der Waals surface area contributed by atoms with Gasteiger partial charge in [-0.25, -0.2) is 0 Å². The van der Waals surface area contributed by atoms with Crippen LogP contribution in [-0.2, 0) is 6.42 Å². The molecule has 6 atom stereocenters. The predicted molar refractivity (Wildman–Crippen MR) is 213 cm³/mol. The van der Waals surface area contributed by atoms with Crippen molar-refractivity contribution >= 4 is 10.8 Å². The maximum absolute atomic E-state index is 10.9. The Morgan fingerprint density at radius 1 is 0.417 bits per heavy atom. The van der Waals surface area contributed by atoms with Gasteiger partial charge < -0.3 is 10.2 Å². The molecule has 2 N–H and O–H groups in total. The van der Waals surface area contributed by atoms with Crippen LogP contribution in [0.4, 0.5) is 0 Å². The van der Waals surface area contributed by atoms with Crippen LogP contribution in [0.2, 0.25) is 0 Å². The molecule has 0 aromatic heterocycles. The van der Waals surface area contributed by atoms with Crippen molar-refractivity contribution in [3.05, 3.63) is 35.4 Å². The van der Waals surface area contributed by atoms with E-state index in [0.717, 1.165) is 70.2 Å². The number of hydrogen-bond donors (Lipinski definition) is 2. The molecule has 0 aliphatic carbocycles. The minimum Gasteiger partial charge on any atom is -0.507 e. The first-order chi connectivity index (χ1) is 22.9. The first-order valence-corrected chi connectivity index (χ1v) is 20.8. The van der Waals surface area contributed by atoms with Crippen molar-refractivity contribution in [2.45, 2.75) is 191 Å². The number of fused-ring (bicyclic) bond motifs is 1. The lowest BCUT2D eigenvalue weighted by Gasteiger charge is -2.18. The topological polar surface area (TPSA) is 40.5 Å². The lowest BCUT2D eigenvalue weighted by atomic mass is 9.88. The Labute approximate surface area is 299 Å². The summed E-state index contributed by atoms with van der Waals surface area (Å²) in [5, 5.41) is 23.1. The van der Waals surface area contributed by atoms with Gasteiger partial charge in [-0.1, -0.05) is 195 Å². The molecule has 0 bridgehead atoms. The molecule has 2 aromatic carbocycles. The summed E-state index contributed by atoms with van der Waals surface area (Å²) in [6, 6.07) is 7.62. The molecule has 0 amide bonds. The summed E-state index contributed by atoms with van der Waals surface area (Å²) < 4.78 is 0. The van der Waals surface area contributed by atoms with E-state index in [4.69, 9.17) is 0 Å². The maximum Gasteiger partial charge on any atom is 0.127 e. The third kappa shape index (κ3) is 16.8. The predicted octanol–water partition coefficient (Wildman–Crippen LogP) is 15.0. The molecular formula is C46H80O2. The Morgan fingerprint density at radius 2 is 0.708 bits per heavy atom. The van der Waals surface area contributed by atoms with Crippen molar-refractivity contribution in [3.63, 3.8) is 0 Å². The Hall–Kier alpha value is -1.70. The summed E-state index contributed by atoms with van der Waals surface area (Å²) in [6.07, 6.45) is 27.0. The fourth-order valence-electron chi connectivity index (χ4n) is 8.09. The fraction of sp³-hybridized carbons (Fsp3) is 0.783. The van der Waals surface area contributed by atoms with Crippen molar-refractivity contribution < 1.29 is 10.2 Å². The van der Waals surface area contributed by atoms with Gasteiger partial charge in [0.2, 0.25) is 0 Å². The number of hydrogen-bond acceptors (Lipinski definition) is 2. The summed E-state index contributed by atoms with van der Waals surface area (Å²) >= 11 is 0. The zero-order valence-electron chi connectivity index (χ0n) is 33.4. The Morgan fingerprint density at radius 3 is 1.04 bits per heavy atom. The fourth-order valence-corrected chi connectivity index (χ4v) is 8.09. The van der Waals surface area contributed by atoms with E-state index >= 15 is 0 Å².